The van der Waals surface area contributed by atoms with E-state index in [4.69, 9.17) is 0 Å². The van der Waals surface area contributed by atoms with Gasteiger partial charge in [-0.1, -0.05) is 55.3 Å². The molecule has 0 aliphatic heterocycles. The Bertz CT molecular complexity index is 592. The molecule has 0 heterocycles. The van der Waals surface area contributed by atoms with Crippen molar-refractivity contribution < 1.29 is 20.1 Å². The molecule has 0 spiro atoms. The molecule has 27 heavy (non-hydrogen) atoms. The van der Waals surface area contributed by atoms with Crippen LogP contribution in [0.5, 0.6) is 0 Å². The smallest absolute Gasteiger partial charge is 0.312 e. The number of carboxylic acid groups (broad SMARTS) is 1. The number of rotatable bonds is 11. The largest absolute Gasteiger partial charge is 0.481 e. The third-order valence-electron chi connectivity index (χ3n) is 6.17. The number of hydrogen-bond acceptors (Lipinski definition) is 3. The molecule has 2 unspecified atom stereocenters. The van der Waals surface area contributed by atoms with Crippen molar-refractivity contribution in [2.75, 3.05) is 0 Å². The summed E-state index contributed by atoms with van der Waals surface area (Å²) in [6.45, 7) is 1.87. The lowest BCUT2D eigenvalue weighted by molar-refractivity contribution is -0.164. The average Bonchev–Trinajstić information content (AvgIpc) is 3.20. The van der Waals surface area contributed by atoms with Crippen molar-refractivity contribution >= 4 is 5.97 Å². The van der Waals surface area contributed by atoms with Crippen molar-refractivity contribution in [2.24, 2.45) is 11.3 Å². The van der Waals surface area contributed by atoms with Crippen LogP contribution in [0.15, 0.2) is 42.5 Å². The lowest BCUT2D eigenvalue weighted by Gasteiger charge is -2.39. The van der Waals surface area contributed by atoms with E-state index < -0.39 is 23.6 Å². The first-order valence-electron chi connectivity index (χ1n) is 10.2. The lowest BCUT2D eigenvalue weighted by atomic mass is 9.66. The molecule has 0 amide bonds. The molecular formula is C23H34O4. The van der Waals surface area contributed by atoms with E-state index in [2.05, 4.69) is 0 Å². The van der Waals surface area contributed by atoms with Crippen LogP contribution in [0, 0.1) is 11.3 Å². The average molecular weight is 375 g/mol. The van der Waals surface area contributed by atoms with Gasteiger partial charge in [-0.3, -0.25) is 4.79 Å². The number of aliphatic carboxylic acids is 1. The zero-order valence-electron chi connectivity index (χ0n) is 16.4. The van der Waals surface area contributed by atoms with E-state index in [0.29, 0.717) is 25.7 Å². The van der Waals surface area contributed by atoms with Gasteiger partial charge in [-0.25, -0.2) is 0 Å². The number of carboxylic acids is 1. The Morgan fingerprint density at radius 1 is 1.19 bits per heavy atom. The van der Waals surface area contributed by atoms with Gasteiger partial charge in [0.1, 0.15) is 0 Å². The summed E-state index contributed by atoms with van der Waals surface area (Å²) in [7, 11) is 0. The number of aliphatic hydroxyl groups excluding tert-OH is 2. The van der Waals surface area contributed by atoms with Crippen LogP contribution >= 0.6 is 0 Å². The van der Waals surface area contributed by atoms with E-state index in [9.17, 15) is 20.1 Å². The highest BCUT2D eigenvalue weighted by atomic mass is 16.4. The molecule has 0 saturated heterocycles. The van der Waals surface area contributed by atoms with Crippen molar-refractivity contribution in [1.29, 1.82) is 0 Å². The van der Waals surface area contributed by atoms with Crippen molar-refractivity contribution in [1.82, 2.24) is 0 Å². The first-order chi connectivity index (χ1) is 13.0. The van der Waals surface area contributed by atoms with Gasteiger partial charge in [0.2, 0.25) is 0 Å². The van der Waals surface area contributed by atoms with E-state index in [-0.39, 0.29) is 5.92 Å². The summed E-state index contributed by atoms with van der Waals surface area (Å²) in [5, 5.41) is 31.4. The quantitative estimate of drug-likeness (QED) is 0.503. The maximum absolute atomic E-state index is 12.3. The predicted molar refractivity (Wildman–Crippen MR) is 107 cm³/mol. The highest BCUT2D eigenvalue weighted by molar-refractivity contribution is 5.76. The Hall–Kier alpha value is -1.65. The number of benzene rings is 1. The summed E-state index contributed by atoms with van der Waals surface area (Å²) >= 11 is 0. The summed E-state index contributed by atoms with van der Waals surface area (Å²) < 4.78 is 0. The zero-order valence-corrected chi connectivity index (χ0v) is 16.4. The van der Waals surface area contributed by atoms with Gasteiger partial charge in [0.25, 0.3) is 0 Å². The van der Waals surface area contributed by atoms with Gasteiger partial charge in [0, 0.05) is 0 Å². The standard InChI is InChI=1S/C23H34O4/c1-2-3-13-21(25)23(22(26)27,19-11-7-8-12-19)17-16-20(24)15-14-18-9-5-4-6-10-18/h2-6,9-10,19-21,24-25H,7-8,11-17H2,1H3,(H,26,27)/t20-,21?,23?/m1/s1. The van der Waals surface area contributed by atoms with Gasteiger partial charge in [-0.05, 0) is 63.4 Å². The third-order valence-corrected chi connectivity index (χ3v) is 6.17. The van der Waals surface area contributed by atoms with Crippen LogP contribution in [0.1, 0.15) is 63.9 Å². The monoisotopic (exact) mass is 374 g/mol. The van der Waals surface area contributed by atoms with Gasteiger partial charge in [-0.15, -0.1) is 0 Å². The number of aryl methyl sites for hydroxylation is 1. The molecule has 3 atom stereocenters. The van der Waals surface area contributed by atoms with Gasteiger partial charge < -0.3 is 15.3 Å². The Balaban J connectivity index is 2.04. The second-order valence-corrected chi connectivity index (χ2v) is 7.86. The van der Waals surface area contributed by atoms with Crippen LogP contribution < -0.4 is 0 Å². The fourth-order valence-electron chi connectivity index (χ4n) is 4.51. The summed E-state index contributed by atoms with van der Waals surface area (Å²) in [4.78, 5) is 12.3. The molecule has 2 rings (SSSR count). The van der Waals surface area contributed by atoms with E-state index in [1.165, 1.54) is 5.56 Å². The SMILES string of the molecule is CC=CCC(O)C(CC[C@H](O)CCc1ccccc1)(C(=O)O)C1CCCC1. The van der Waals surface area contributed by atoms with Crippen LogP contribution in [-0.4, -0.2) is 33.5 Å². The highest BCUT2D eigenvalue weighted by Gasteiger charge is 2.51. The minimum absolute atomic E-state index is 0.0171. The molecule has 0 radical (unpaired) electrons. The predicted octanol–water partition coefficient (Wildman–Crippen LogP) is 4.35. The summed E-state index contributed by atoms with van der Waals surface area (Å²) in [5.41, 5.74) is 0.00830. The van der Waals surface area contributed by atoms with Gasteiger partial charge in [0.05, 0.1) is 17.6 Å². The maximum Gasteiger partial charge on any atom is 0.312 e. The molecule has 1 aliphatic carbocycles. The molecule has 150 valence electrons. The van der Waals surface area contributed by atoms with Crippen LogP contribution in [0.4, 0.5) is 0 Å². The summed E-state index contributed by atoms with van der Waals surface area (Å²) in [6.07, 6.45) is 8.39. The fourth-order valence-corrected chi connectivity index (χ4v) is 4.51. The van der Waals surface area contributed by atoms with E-state index in [0.717, 1.165) is 32.1 Å². The van der Waals surface area contributed by atoms with Gasteiger partial charge >= 0.3 is 5.97 Å². The van der Waals surface area contributed by atoms with Crippen LogP contribution in [0.25, 0.3) is 0 Å². The van der Waals surface area contributed by atoms with Crippen molar-refractivity contribution in [3.63, 3.8) is 0 Å². The Kier molecular flexibility index (Phi) is 8.52. The van der Waals surface area contributed by atoms with Crippen LogP contribution in [0.2, 0.25) is 0 Å². The number of hydrogen-bond donors (Lipinski definition) is 3. The summed E-state index contributed by atoms with van der Waals surface area (Å²) in [6, 6.07) is 10.00. The zero-order chi connectivity index (χ0) is 19.7. The van der Waals surface area contributed by atoms with E-state index >= 15 is 0 Å². The normalized spacial score (nSPS) is 19.8. The molecule has 4 heteroatoms. The molecular weight excluding hydrogens is 340 g/mol. The van der Waals surface area contributed by atoms with Crippen molar-refractivity contribution in [3.8, 4) is 0 Å². The number of allylic oxidation sites excluding steroid dienone is 1. The molecule has 1 aliphatic rings. The minimum atomic E-state index is -1.16. The molecule has 3 N–H and O–H groups in total. The maximum atomic E-state index is 12.3. The molecule has 4 nitrogen and oxygen atoms in total. The van der Waals surface area contributed by atoms with E-state index in [1.54, 1.807) is 0 Å². The molecule has 0 aromatic heterocycles. The first kappa shape index (κ1) is 21.6. The Labute approximate surface area is 162 Å². The summed E-state index contributed by atoms with van der Waals surface area (Å²) in [5.74, 6) is -0.932. The molecule has 1 aromatic rings. The highest BCUT2D eigenvalue weighted by Crippen LogP contribution is 2.47. The molecule has 1 saturated carbocycles. The molecule has 1 fully saturated rings. The second-order valence-electron chi connectivity index (χ2n) is 7.86. The topological polar surface area (TPSA) is 77.8 Å². The van der Waals surface area contributed by atoms with Crippen molar-refractivity contribution in [3.05, 3.63) is 48.0 Å². The van der Waals surface area contributed by atoms with Crippen molar-refractivity contribution in [2.45, 2.75) is 76.9 Å². The minimum Gasteiger partial charge on any atom is -0.481 e. The molecule has 1 aromatic carbocycles. The van der Waals surface area contributed by atoms with Gasteiger partial charge in [0.15, 0.2) is 0 Å². The Morgan fingerprint density at radius 3 is 2.44 bits per heavy atom. The van der Waals surface area contributed by atoms with Gasteiger partial charge in [-0.2, -0.15) is 0 Å². The Morgan fingerprint density at radius 2 is 1.85 bits per heavy atom. The number of carbonyl (C=O) groups is 1. The number of aliphatic hydroxyl groups is 2. The third kappa shape index (κ3) is 5.66. The molecule has 0 bridgehead atoms. The van der Waals surface area contributed by atoms with Crippen LogP contribution in [-0.2, 0) is 11.2 Å². The van der Waals surface area contributed by atoms with E-state index in [1.807, 2.05) is 49.4 Å². The second kappa shape index (κ2) is 10.6. The fraction of sp³-hybridized carbons (Fsp3) is 0.609. The first-order valence-corrected chi connectivity index (χ1v) is 10.2. The van der Waals surface area contributed by atoms with Crippen LogP contribution in [0.3, 0.4) is 0 Å². The lowest BCUT2D eigenvalue weighted by Crippen LogP contribution is -2.48.